The van der Waals surface area contributed by atoms with Crippen molar-refractivity contribution >= 4 is 13.8 Å². The maximum Gasteiger partial charge on any atom is 0.472 e. The number of aliphatic hydroxyl groups excluding tert-OH is 5. The average Bonchev–Trinajstić information content (AvgIpc) is 3.17. The van der Waals surface area contributed by atoms with E-state index >= 15 is 0 Å². The summed E-state index contributed by atoms with van der Waals surface area (Å²) < 4.78 is 33.9. The molecule has 0 radical (unpaired) electrons. The zero-order chi connectivity index (χ0) is 40.6. The third-order valence-electron chi connectivity index (χ3n) is 8.83. The van der Waals surface area contributed by atoms with Crippen molar-refractivity contribution in [1.29, 1.82) is 0 Å². The molecule has 0 amide bonds. The van der Waals surface area contributed by atoms with E-state index in [0.717, 1.165) is 70.6 Å². The van der Waals surface area contributed by atoms with Gasteiger partial charge in [0.1, 0.15) is 42.7 Å². The zero-order valence-electron chi connectivity index (χ0n) is 33.2. The molecule has 1 aliphatic carbocycles. The predicted molar refractivity (Wildman–Crippen MR) is 216 cm³/mol. The van der Waals surface area contributed by atoms with Crippen LogP contribution < -0.4 is 0 Å². The summed E-state index contributed by atoms with van der Waals surface area (Å²) in [4.78, 5) is 23.0. The first kappa shape index (κ1) is 50.8. The lowest BCUT2D eigenvalue weighted by Crippen LogP contribution is -2.64. The summed E-state index contributed by atoms with van der Waals surface area (Å²) in [6.45, 7) is 3.86. The molecular weight excluding hydrogens is 727 g/mol. The van der Waals surface area contributed by atoms with Crippen molar-refractivity contribution in [3.63, 3.8) is 0 Å². The van der Waals surface area contributed by atoms with E-state index in [4.69, 9.17) is 18.5 Å². The van der Waals surface area contributed by atoms with E-state index in [1.54, 1.807) is 0 Å². The molecule has 13 heteroatoms. The normalized spacial score (nSPS) is 24.0. The number of carbonyl (C=O) groups is 1. The summed E-state index contributed by atoms with van der Waals surface area (Å²) in [7, 11) is -5.04. The fraction of sp³-hybridized carbons (Fsp3) is 0.690. The number of esters is 1. The highest BCUT2D eigenvalue weighted by Crippen LogP contribution is 2.47. The molecule has 1 fully saturated rings. The molecule has 0 bridgehead atoms. The first-order valence-corrected chi connectivity index (χ1v) is 21.8. The van der Waals surface area contributed by atoms with Crippen molar-refractivity contribution < 1.29 is 58.3 Å². The molecule has 1 aliphatic rings. The van der Waals surface area contributed by atoms with Gasteiger partial charge in [-0.1, -0.05) is 119 Å². The van der Waals surface area contributed by atoms with E-state index in [0.29, 0.717) is 19.4 Å². The van der Waals surface area contributed by atoms with E-state index < -0.39 is 63.1 Å². The summed E-state index contributed by atoms with van der Waals surface area (Å²) in [5.41, 5.74) is 0. The molecule has 316 valence electrons. The molecule has 55 heavy (non-hydrogen) atoms. The molecule has 0 heterocycles. The Bertz CT molecular complexity index is 1180. The highest BCUT2D eigenvalue weighted by Gasteiger charge is 2.51. The van der Waals surface area contributed by atoms with E-state index in [1.807, 2.05) is 12.2 Å². The Morgan fingerprint density at radius 3 is 1.64 bits per heavy atom. The van der Waals surface area contributed by atoms with Gasteiger partial charge >= 0.3 is 13.8 Å². The van der Waals surface area contributed by atoms with Crippen LogP contribution in [-0.2, 0) is 27.9 Å². The van der Waals surface area contributed by atoms with E-state index in [9.17, 15) is 39.8 Å². The van der Waals surface area contributed by atoms with Gasteiger partial charge in [-0.25, -0.2) is 4.57 Å². The molecule has 0 saturated heterocycles. The standard InChI is InChI=1S/C42H71O12P/c1-3-5-7-9-11-13-15-17-18-19-20-22-24-26-28-30-32-51-33-35(53-36(43)31-29-27-25-23-21-16-14-12-10-8-6-4-2)34-52-55(49,50)54-42-40(47)38(45)37(44)39(46)41(42)48/h5,7,11-14,17-18,20,22,26,28,35,37-42,44-48H,3-4,6,8-10,15-16,19,21,23-25,27,29-34H2,1-2H3,(H,49,50)/b7-5-,13-11-,14-12-,18-17-,22-20-,28-26-. The van der Waals surface area contributed by atoms with Crippen molar-refractivity contribution in [3.05, 3.63) is 72.9 Å². The Morgan fingerprint density at radius 1 is 0.600 bits per heavy atom. The zero-order valence-corrected chi connectivity index (χ0v) is 34.1. The van der Waals surface area contributed by atoms with Crippen molar-refractivity contribution in [2.75, 3.05) is 19.8 Å². The van der Waals surface area contributed by atoms with Crippen LogP contribution in [0.3, 0.4) is 0 Å². The smallest absolute Gasteiger partial charge is 0.457 e. The molecule has 6 atom stereocenters. The van der Waals surface area contributed by atoms with Crippen molar-refractivity contribution in [3.8, 4) is 0 Å². The van der Waals surface area contributed by atoms with Crippen LogP contribution in [0, 0.1) is 0 Å². The summed E-state index contributed by atoms with van der Waals surface area (Å²) in [6.07, 6.45) is 28.6. The SMILES string of the molecule is CC/C=C\C/C=C\C/C=C\C/C=C\C/C=C\CCOCC(COP(=O)(O)OC1C(O)C(O)C(O)C(O)C1O)OC(=O)CCCCCCC/C=C\CCCCC. The Hall–Kier alpha value is -2.22. The average molecular weight is 799 g/mol. The number of phosphoric acid groups is 1. The van der Waals surface area contributed by atoms with Gasteiger partial charge < -0.3 is 39.9 Å². The van der Waals surface area contributed by atoms with Crippen LogP contribution in [0.25, 0.3) is 0 Å². The lowest BCUT2D eigenvalue weighted by Gasteiger charge is -2.41. The molecule has 0 aromatic carbocycles. The monoisotopic (exact) mass is 798 g/mol. The van der Waals surface area contributed by atoms with Gasteiger partial charge in [0.25, 0.3) is 0 Å². The Kier molecular flexibility index (Phi) is 30.3. The first-order chi connectivity index (χ1) is 26.5. The second-order valence-corrected chi connectivity index (χ2v) is 15.2. The van der Waals surface area contributed by atoms with Crippen LogP contribution >= 0.6 is 7.82 Å². The third kappa shape index (κ3) is 25.6. The fourth-order valence-electron chi connectivity index (χ4n) is 5.59. The number of aliphatic hydroxyl groups is 5. The second-order valence-electron chi connectivity index (χ2n) is 13.7. The van der Waals surface area contributed by atoms with Crippen LogP contribution in [-0.4, -0.2) is 98.9 Å². The van der Waals surface area contributed by atoms with Gasteiger partial charge in [0.15, 0.2) is 0 Å². The Balaban J connectivity index is 2.53. The number of unbranched alkanes of at least 4 members (excludes halogenated alkanes) is 8. The highest BCUT2D eigenvalue weighted by atomic mass is 31.2. The summed E-state index contributed by atoms with van der Waals surface area (Å²) in [5, 5.41) is 50.0. The number of carbonyl (C=O) groups excluding carboxylic acids is 1. The van der Waals surface area contributed by atoms with Crippen LogP contribution in [0.1, 0.15) is 123 Å². The molecule has 1 saturated carbocycles. The van der Waals surface area contributed by atoms with E-state index in [-0.39, 0.29) is 13.0 Å². The minimum Gasteiger partial charge on any atom is -0.457 e. The van der Waals surface area contributed by atoms with Gasteiger partial charge in [0.05, 0.1) is 19.8 Å². The van der Waals surface area contributed by atoms with Crippen LogP contribution in [0.4, 0.5) is 0 Å². The van der Waals surface area contributed by atoms with Crippen molar-refractivity contribution in [2.24, 2.45) is 0 Å². The number of phosphoric ester groups is 1. The Labute approximate surface area is 329 Å². The molecule has 1 rings (SSSR count). The lowest BCUT2D eigenvalue weighted by molar-refractivity contribution is -0.220. The largest absolute Gasteiger partial charge is 0.472 e. The predicted octanol–water partition coefficient (Wildman–Crippen LogP) is 7.24. The topological polar surface area (TPSA) is 192 Å². The summed E-state index contributed by atoms with van der Waals surface area (Å²) in [6, 6.07) is 0. The van der Waals surface area contributed by atoms with E-state index in [1.165, 1.54) is 19.3 Å². The molecule has 0 aromatic rings. The van der Waals surface area contributed by atoms with Gasteiger partial charge in [0, 0.05) is 6.42 Å². The molecule has 6 N–H and O–H groups in total. The fourth-order valence-corrected chi connectivity index (χ4v) is 6.56. The van der Waals surface area contributed by atoms with Crippen LogP contribution in [0.15, 0.2) is 72.9 Å². The minimum atomic E-state index is -5.04. The molecule has 6 unspecified atom stereocenters. The quantitative estimate of drug-likeness (QED) is 0.0173. The summed E-state index contributed by atoms with van der Waals surface area (Å²) in [5.74, 6) is -0.517. The maximum absolute atomic E-state index is 12.8. The van der Waals surface area contributed by atoms with E-state index in [2.05, 4.69) is 74.6 Å². The second kappa shape index (κ2) is 32.8. The number of ether oxygens (including phenoxy) is 2. The molecule has 0 aromatic heterocycles. The maximum atomic E-state index is 12.8. The van der Waals surface area contributed by atoms with Gasteiger partial charge in [-0.15, -0.1) is 0 Å². The third-order valence-corrected chi connectivity index (χ3v) is 9.82. The van der Waals surface area contributed by atoms with Crippen LogP contribution in [0.2, 0.25) is 0 Å². The van der Waals surface area contributed by atoms with Gasteiger partial charge in [-0.3, -0.25) is 13.8 Å². The number of rotatable bonds is 32. The van der Waals surface area contributed by atoms with Crippen molar-refractivity contribution in [2.45, 2.75) is 166 Å². The molecule has 0 aliphatic heterocycles. The van der Waals surface area contributed by atoms with Gasteiger partial charge in [-0.2, -0.15) is 0 Å². The minimum absolute atomic E-state index is 0.138. The molecule has 12 nitrogen and oxygen atoms in total. The first-order valence-electron chi connectivity index (χ1n) is 20.3. The lowest BCUT2D eigenvalue weighted by atomic mass is 9.85. The van der Waals surface area contributed by atoms with Gasteiger partial charge in [-0.05, 0) is 70.6 Å². The summed E-state index contributed by atoms with van der Waals surface area (Å²) >= 11 is 0. The van der Waals surface area contributed by atoms with Crippen LogP contribution in [0.5, 0.6) is 0 Å². The highest BCUT2D eigenvalue weighted by molar-refractivity contribution is 7.47. The number of hydrogen-bond acceptors (Lipinski definition) is 11. The Morgan fingerprint density at radius 2 is 1.07 bits per heavy atom. The molecule has 0 spiro atoms. The van der Waals surface area contributed by atoms with Gasteiger partial charge in [0.2, 0.25) is 0 Å². The molecular formula is C42H71O12P. The number of hydrogen-bond donors (Lipinski definition) is 6. The van der Waals surface area contributed by atoms with Crippen molar-refractivity contribution in [1.82, 2.24) is 0 Å². The number of allylic oxidation sites excluding steroid dienone is 11.